The maximum absolute atomic E-state index is 11.8. The van der Waals surface area contributed by atoms with Crippen LogP contribution >= 0.6 is 11.8 Å². The maximum atomic E-state index is 11.8. The minimum absolute atomic E-state index is 0.169. The fraction of sp³-hybridized carbons (Fsp3) is 0.611. The largest absolute Gasteiger partial charge is 0.355 e. The summed E-state index contributed by atoms with van der Waals surface area (Å²) in [6, 6.07) is 8.52. The number of hydrogen-bond acceptors (Lipinski definition) is 2. The average molecular weight is 308 g/mol. The van der Waals surface area contributed by atoms with Gasteiger partial charge in [0.2, 0.25) is 5.91 Å². The molecule has 2 nitrogen and oxygen atoms in total. The maximum Gasteiger partial charge on any atom is 0.230 e. The topological polar surface area (TPSA) is 29.1 Å². The van der Waals surface area contributed by atoms with Gasteiger partial charge in [-0.05, 0) is 24.8 Å². The molecule has 1 rings (SSSR count). The van der Waals surface area contributed by atoms with Crippen molar-refractivity contribution in [2.75, 3.05) is 12.3 Å². The first kappa shape index (κ1) is 18.1. The van der Waals surface area contributed by atoms with Crippen LogP contribution in [-0.2, 0) is 10.5 Å². The number of aryl methyl sites for hydroxylation is 1. The van der Waals surface area contributed by atoms with Crippen LogP contribution in [0.2, 0.25) is 0 Å². The van der Waals surface area contributed by atoms with Crippen LogP contribution in [0.5, 0.6) is 0 Å². The molecule has 0 fully saturated rings. The van der Waals surface area contributed by atoms with Gasteiger partial charge in [0.25, 0.3) is 0 Å². The highest BCUT2D eigenvalue weighted by Gasteiger charge is 2.08. The molecule has 0 aliphatic carbocycles. The van der Waals surface area contributed by atoms with Crippen LogP contribution in [-0.4, -0.2) is 18.2 Å². The van der Waals surface area contributed by atoms with Crippen molar-refractivity contribution in [1.29, 1.82) is 0 Å². The summed E-state index contributed by atoms with van der Waals surface area (Å²) in [7, 11) is 0. The molecule has 1 amide bonds. The van der Waals surface area contributed by atoms with Crippen LogP contribution in [0.3, 0.4) is 0 Å². The Morgan fingerprint density at radius 2 is 1.95 bits per heavy atom. The Labute approximate surface area is 134 Å². The summed E-state index contributed by atoms with van der Waals surface area (Å²) in [4.78, 5) is 11.8. The molecule has 0 bridgehead atoms. The zero-order valence-corrected chi connectivity index (χ0v) is 14.5. The van der Waals surface area contributed by atoms with Gasteiger partial charge in [-0.2, -0.15) is 0 Å². The Morgan fingerprint density at radius 3 is 2.57 bits per heavy atom. The molecule has 1 N–H and O–H groups in total. The van der Waals surface area contributed by atoms with Crippen LogP contribution < -0.4 is 5.32 Å². The van der Waals surface area contributed by atoms with Crippen molar-refractivity contribution in [3.8, 4) is 0 Å². The summed E-state index contributed by atoms with van der Waals surface area (Å²) in [5, 5.41) is 3.08. The number of carbonyl (C=O) groups excluding carboxylic acids is 1. The zero-order valence-electron chi connectivity index (χ0n) is 13.7. The number of rotatable bonds is 10. The Morgan fingerprint density at radius 1 is 1.24 bits per heavy atom. The number of benzene rings is 1. The molecule has 1 aromatic rings. The van der Waals surface area contributed by atoms with Crippen LogP contribution in [0.15, 0.2) is 24.3 Å². The van der Waals surface area contributed by atoms with Gasteiger partial charge in [-0.3, -0.25) is 4.79 Å². The van der Waals surface area contributed by atoms with Crippen molar-refractivity contribution in [2.24, 2.45) is 5.92 Å². The third-order valence-corrected chi connectivity index (χ3v) is 4.76. The molecule has 0 radical (unpaired) electrons. The second kappa shape index (κ2) is 10.7. The molecule has 0 aliphatic rings. The number of hydrogen-bond donors (Lipinski definition) is 1. The highest BCUT2D eigenvalue weighted by atomic mass is 32.2. The van der Waals surface area contributed by atoms with Gasteiger partial charge in [0.05, 0.1) is 5.75 Å². The van der Waals surface area contributed by atoms with Gasteiger partial charge in [0, 0.05) is 12.3 Å². The Kier molecular flexibility index (Phi) is 9.24. The minimum atomic E-state index is 0.169. The van der Waals surface area contributed by atoms with Crippen LogP contribution in [0.4, 0.5) is 0 Å². The normalized spacial score (nSPS) is 12.1. The smallest absolute Gasteiger partial charge is 0.230 e. The third kappa shape index (κ3) is 8.15. The summed E-state index contributed by atoms with van der Waals surface area (Å²) in [5.41, 5.74) is 2.56. The van der Waals surface area contributed by atoms with Gasteiger partial charge >= 0.3 is 0 Å². The fourth-order valence-corrected chi connectivity index (χ4v) is 3.02. The van der Waals surface area contributed by atoms with E-state index in [9.17, 15) is 4.79 Å². The number of thioether (sulfide) groups is 1. The van der Waals surface area contributed by atoms with E-state index >= 15 is 0 Å². The lowest BCUT2D eigenvalue weighted by Crippen LogP contribution is -2.30. The second-order valence-electron chi connectivity index (χ2n) is 5.70. The van der Waals surface area contributed by atoms with Crippen molar-refractivity contribution < 1.29 is 4.79 Å². The number of carbonyl (C=O) groups is 1. The molecular weight excluding hydrogens is 278 g/mol. The standard InChI is InChI=1S/C18H29NOS/c1-4-6-7-16(5-2)12-19-18(20)14-21-13-17-10-8-15(3)9-11-17/h8-11,16H,4-7,12-14H2,1-3H3,(H,19,20)/t16-/m1/s1. The van der Waals surface area contributed by atoms with Crippen molar-refractivity contribution >= 4 is 17.7 Å². The molecule has 1 aromatic carbocycles. The zero-order chi connectivity index (χ0) is 15.5. The van der Waals surface area contributed by atoms with Crippen molar-refractivity contribution in [3.05, 3.63) is 35.4 Å². The molecule has 21 heavy (non-hydrogen) atoms. The molecule has 0 spiro atoms. The third-order valence-electron chi connectivity index (χ3n) is 3.75. The molecule has 0 saturated heterocycles. The Balaban J connectivity index is 2.17. The van der Waals surface area contributed by atoms with Gasteiger partial charge in [0.1, 0.15) is 0 Å². The quantitative estimate of drug-likeness (QED) is 0.686. The van der Waals surface area contributed by atoms with Crippen molar-refractivity contribution in [2.45, 2.75) is 52.2 Å². The molecule has 3 heteroatoms. The number of unbranched alkanes of at least 4 members (excludes halogenated alkanes) is 1. The summed E-state index contributed by atoms with van der Waals surface area (Å²) < 4.78 is 0. The molecule has 0 saturated carbocycles. The summed E-state index contributed by atoms with van der Waals surface area (Å²) in [6.07, 6.45) is 4.87. The predicted molar refractivity (Wildman–Crippen MR) is 93.7 cm³/mol. The molecular formula is C18H29NOS. The van der Waals surface area contributed by atoms with Crippen LogP contribution in [0.25, 0.3) is 0 Å². The average Bonchev–Trinajstić information content (AvgIpc) is 2.49. The van der Waals surface area contributed by atoms with E-state index < -0.39 is 0 Å². The Bertz CT molecular complexity index is 402. The highest BCUT2D eigenvalue weighted by Crippen LogP contribution is 2.13. The predicted octanol–water partition coefficient (Wildman–Crippen LogP) is 4.56. The van der Waals surface area contributed by atoms with Gasteiger partial charge in [-0.15, -0.1) is 11.8 Å². The fourth-order valence-electron chi connectivity index (χ4n) is 2.20. The lowest BCUT2D eigenvalue weighted by Gasteiger charge is -2.15. The first-order valence-corrected chi connectivity index (χ1v) is 9.21. The monoisotopic (exact) mass is 307 g/mol. The van der Waals surface area contributed by atoms with E-state index in [4.69, 9.17) is 0 Å². The molecule has 1 atom stereocenters. The Hall–Kier alpha value is -0.960. The van der Waals surface area contributed by atoms with Crippen LogP contribution in [0.1, 0.15) is 50.7 Å². The van der Waals surface area contributed by atoms with E-state index in [1.807, 2.05) is 0 Å². The van der Waals surface area contributed by atoms with E-state index in [1.54, 1.807) is 11.8 Å². The SMILES string of the molecule is CCCC[C@@H](CC)CNC(=O)CSCc1ccc(C)cc1. The van der Waals surface area contributed by atoms with Crippen molar-refractivity contribution in [1.82, 2.24) is 5.32 Å². The summed E-state index contributed by atoms with van der Waals surface area (Å²) >= 11 is 1.69. The molecule has 0 aromatic heterocycles. The van der Waals surface area contributed by atoms with Gasteiger partial charge < -0.3 is 5.32 Å². The second-order valence-corrected chi connectivity index (χ2v) is 6.68. The molecule has 0 unspecified atom stereocenters. The van der Waals surface area contributed by atoms with E-state index in [0.717, 1.165) is 18.7 Å². The van der Waals surface area contributed by atoms with E-state index in [1.165, 1.54) is 30.4 Å². The van der Waals surface area contributed by atoms with Gasteiger partial charge in [0.15, 0.2) is 0 Å². The first-order chi connectivity index (χ1) is 10.2. The summed E-state index contributed by atoms with van der Waals surface area (Å²) in [5.74, 6) is 2.26. The molecule has 0 heterocycles. The number of amides is 1. The van der Waals surface area contributed by atoms with Crippen LogP contribution in [0, 0.1) is 12.8 Å². The van der Waals surface area contributed by atoms with Gasteiger partial charge in [-0.1, -0.05) is 62.9 Å². The lowest BCUT2D eigenvalue weighted by atomic mass is 9.99. The minimum Gasteiger partial charge on any atom is -0.355 e. The molecule has 118 valence electrons. The van der Waals surface area contributed by atoms with Crippen molar-refractivity contribution in [3.63, 3.8) is 0 Å². The lowest BCUT2D eigenvalue weighted by molar-refractivity contribution is -0.118. The highest BCUT2D eigenvalue weighted by molar-refractivity contribution is 7.99. The first-order valence-electron chi connectivity index (χ1n) is 8.05. The van der Waals surface area contributed by atoms with Gasteiger partial charge in [-0.25, -0.2) is 0 Å². The van der Waals surface area contributed by atoms with E-state index in [-0.39, 0.29) is 5.91 Å². The number of nitrogens with one attached hydrogen (secondary N) is 1. The van der Waals surface area contributed by atoms with E-state index in [0.29, 0.717) is 11.7 Å². The summed E-state index contributed by atoms with van der Waals surface area (Å²) in [6.45, 7) is 7.35. The van der Waals surface area contributed by atoms with E-state index in [2.05, 4.69) is 50.4 Å². The molecule has 0 aliphatic heterocycles.